The van der Waals surface area contributed by atoms with Crippen LogP contribution in [0.25, 0.3) is 6.08 Å². The van der Waals surface area contributed by atoms with Gasteiger partial charge in [-0.2, -0.15) is 0 Å². The molecule has 2 aliphatic carbocycles. The van der Waals surface area contributed by atoms with Crippen molar-refractivity contribution in [3.8, 4) is 11.5 Å². The Kier molecular flexibility index (Phi) is 7.22. The maximum Gasteiger partial charge on any atom is 0.307 e. The number of ether oxygens (including phenoxy) is 3. The lowest BCUT2D eigenvalue weighted by atomic mass is 9.51. The van der Waals surface area contributed by atoms with Crippen LogP contribution in [0.15, 0.2) is 53.6 Å². The molecule has 8 nitrogen and oxygen atoms in total. The van der Waals surface area contributed by atoms with Crippen LogP contribution in [0, 0.1) is 11.8 Å². The number of rotatable bonds is 9. The summed E-state index contributed by atoms with van der Waals surface area (Å²) in [5.41, 5.74) is 3.22. The van der Waals surface area contributed by atoms with Crippen LogP contribution >= 0.6 is 0 Å². The smallest absolute Gasteiger partial charge is 0.307 e. The maximum atomic E-state index is 13.8. The average Bonchev–Trinajstić information content (AvgIpc) is 3.57. The summed E-state index contributed by atoms with van der Waals surface area (Å²) in [4.78, 5) is 29.9. The number of esters is 1. The van der Waals surface area contributed by atoms with Gasteiger partial charge >= 0.3 is 5.97 Å². The third-order valence-electron chi connectivity index (χ3n) is 9.48. The van der Waals surface area contributed by atoms with Gasteiger partial charge in [-0.05, 0) is 67.8 Å². The molecule has 5 atom stereocenters. The van der Waals surface area contributed by atoms with Crippen molar-refractivity contribution in [2.75, 3.05) is 26.7 Å². The molecule has 218 valence electrons. The highest BCUT2D eigenvalue weighted by Crippen LogP contribution is 2.64. The van der Waals surface area contributed by atoms with E-state index >= 15 is 0 Å². The van der Waals surface area contributed by atoms with E-state index in [1.165, 1.54) is 18.1 Å². The number of nitrogens with zero attached hydrogens (tertiary/aromatic N) is 2. The van der Waals surface area contributed by atoms with Crippen LogP contribution in [0.5, 0.6) is 11.5 Å². The van der Waals surface area contributed by atoms with Crippen LogP contribution in [0.2, 0.25) is 0 Å². The number of hydrogen-bond acceptors (Lipinski definition) is 7. The van der Waals surface area contributed by atoms with Crippen molar-refractivity contribution in [1.29, 1.82) is 0 Å². The third-order valence-corrected chi connectivity index (χ3v) is 9.48. The third kappa shape index (κ3) is 4.66. The Labute approximate surface area is 241 Å². The molecule has 1 aromatic heterocycles. The molecule has 2 bridgehead atoms. The van der Waals surface area contributed by atoms with E-state index in [-0.39, 0.29) is 35.5 Å². The van der Waals surface area contributed by atoms with E-state index in [1.807, 2.05) is 23.1 Å². The van der Waals surface area contributed by atoms with Crippen molar-refractivity contribution >= 4 is 18.0 Å². The molecule has 41 heavy (non-hydrogen) atoms. The summed E-state index contributed by atoms with van der Waals surface area (Å²) in [7, 11) is 1.69. The van der Waals surface area contributed by atoms with Gasteiger partial charge in [0.25, 0.3) is 0 Å². The number of likely N-dealkylation sites (tertiary alicyclic amines) is 1. The van der Waals surface area contributed by atoms with Crippen molar-refractivity contribution in [2.24, 2.45) is 11.8 Å². The molecule has 1 spiro atoms. The fourth-order valence-corrected chi connectivity index (χ4v) is 8.14. The van der Waals surface area contributed by atoms with E-state index in [4.69, 9.17) is 18.6 Å². The van der Waals surface area contributed by atoms with E-state index in [9.17, 15) is 9.59 Å². The predicted octanol–water partition coefficient (Wildman–Crippen LogP) is 4.97. The summed E-state index contributed by atoms with van der Waals surface area (Å²) in [5.74, 6) is 2.41. The zero-order valence-electron chi connectivity index (χ0n) is 24.4. The number of furan rings is 1. The van der Waals surface area contributed by atoms with Gasteiger partial charge in [0.05, 0.1) is 32.2 Å². The molecule has 1 saturated heterocycles. The molecule has 0 radical (unpaired) electrons. The van der Waals surface area contributed by atoms with Gasteiger partial charge in [-0.15, -0.1) is 0 Å². The largest absolute Gasteiger partial charge is 0.493 e. The molecule has 6 rings (SSSR count). The Bertz CT molecular complexity index is 1360. The van der Waals surface area contributed by atoms with Gasteiger partial charge in [-0.1, -0.05) is 26.5 Å². The minimum atomic E-state index is -0.337. The first-order valence-electron chi connectivity index (χ1n) is 14.7. The maximum absolute atomic E-state index is 13.8. The second-order valence-corrected chi connectivity index (χ2v) is 12.4. The Hall–Kier alpha value is -3.52. The molecule has 4 aliphatic rings. The van der Waals surface area contributed by atoms with Crippen LogP contribution in [0.1, 0.15) is 56.7 Å². The molecule has 0 N–H and O–H groups in total. The van der Waals surface area contributed by atoms with Gasteiger partial charge in [-0.25, -0.2) is 0 Å². The normalized spacial score (nSPS) is 27.8. The van der Waals surface area contributed by atoms with E-state index in [2.05, 4.69) is 31.4 Å². The number of methoxy groups -OCH3 is 1. The molecule has 3 heterocycles. The highest BCUT2D eigenvalue weighted by atomic mass is 16.5. The highest BCUT2D eigenvalue weighted by molar-refractivity contribution is 5.92. The molecular formula is C33H40N2O6. The lowest BCUT2D eigenvalue weighted by Gasteiger charge is -2.60. The quantitative estimate of drug-likeness (QED) is 0.243. The predicted molar refractivity (Wildman–Crippen MR) is 154 cm³/mol. The van der Waals surface area contributed by atoms with Crippen molar-refractivity contribution in [3.63, 3.8) is 0 Å². The van der Waals surface area contributed by atoms with Gasteiger partial charge in [-0.3, -0.25) is 14.5 Å². The molecular weight excluding hydrogens is 520 g/mol. The lowest BCUT2D eigenvalue weighted by molar-refractivity contribution is -0.141. The summed E-state index contributed by atoms with van der Waals surface area (Å²) in [6.45, 7) is 11.8. The van der Waals surface area contributed by atoms with E-state index in [0.29, 0.717) is 30.7 Å². The molecule has 0 unspecified atom stereocenters. The van der Waals surface area contributed by atoms with Crippen molar-refractivity contribution in [2.45, 2.75) is 70.1 Å². The number of hydrogen-bond donors (Lipinski definition) is 0. The monoisotopic (exact) mass is 560 g/mol. The van der Waals surface area contributed by atoms with Crippen LogP contribution in [0.4, 0.5) is 0 Å². The topological polar surface area (TPSA) is 81.5 Å². The van der Waals surface area contributed by atoms with Gasteiger partial charge in [0.15, 0.2) is 11.5 Å². The Morgan fingerprint density at radius 1 is 1.27 bits per heavy atom. The molecule has 8 heteroatoms. The molecule has 1 aromatic carbocycles. The number of piperidine rings is 1. The van der Waals surface area contributed by atoms with E-state index in [1.54, 1.807) is 25.7 Å². The van der Waals surface area contributed by atoms with E-state index < -0.39 is 0 Å². The van der Waals surface area contributed by atoms with E-state index in [0.717, 1.165) is 49.3 Å². The van der Waals surface area contributed by atoms with Crippen molar-refractivity contribution in [1.82, 2.24) is 9.80 Å². The zero-order chi connectivity index (χ0) is 28.9. The molecule has 2 fully saturated rings. The van der Waals surface area contributed by atoms with Crippen LogP contribution < -0.4 is 9.47 Å². The number of carbonyl (C=O) groups is 2. The van der Waals surface area contributed by atoms with Crippen LogP contribution in [0.3, 0.4) is 0 Å². The molecule has 2 aliphatic heterocycles. The summed E-state index contributed by atoms with van der Waals surface area (Å²) in [6.07, 6.45) is 10.2. The molecule has 1 saturated carbocycles. The summed E-state index contributed by atoms with van der Waals surface area (Å²) >= 11 is 0. The fraction of sp³-hybridized carbons (Fsp3) is 0.515. The Morgan fingerprint density at radius 2 is 2.10 bits per heavy atom. The summed E-state index contributed by atoms with van der Waals surface area (Å²) in [6, 6.07) is 6.25. The molecule has 2 aromatic rings. The van der Waals surface area contributed by atoms with Crippen LogP contribution in [-0.4, -0.2) is 66.6 Å². The van der Waals surface area contributed by atoms with Gasteiger partial charge in [0, 0.05) is 42.1 Å². The highest BCUT2D eigenvalue weighted by Gasteiger charge is 2.66. The van der Waals surface area contributed by atoms with Crippen LogP contribution in [-0.2, 0) is 26.2 Å². The lowest BCUT2D eigenvalue weighted by Crippen LogP contribution is -2.69. The Balaban J connectivity index is 1.38. The fourth-order valence-electron chi connectivity index (χ4n) is 8.14. The zero-order valence-corrected chi connectivity index (χ0v) is 24.4. The first-order valence-corrected chi connectivity index (χ1v) is 14.7. The van der Waals surface area contributed by atoms with Gasteiger partial charge < -0.3 is 23.5 Å². The standard InChI is InChI=1S/C33H40N2O6/c1-20(2)17-35(29(37)11-6-23-12-15-39-19-23)26-9-8-25-27-16-24-7-10-28(38-5)31-30(24)33(25,32(26)41-31)13-14-34(27)18-21(3)40-22(4)36/h6-7,10-12,15,19-20,25-27,32H,3,8-9,13-14,16-18H2,1-2,4-5H3/t25-,26+,27+,32-,33-/m0/s1. The first-order chi connectivity index (χ1) is 19.7. The average molecular weight is 561 g/mol. The SMILES string of the molecule is C=C(CN1CC[C@]23c4c5ccc(OC)c4O[C@H]2[C@H](N(CC(C)C)C(=O)C=Cc2ccoc2)CC[C@H]3[C@H]1C5)OC(C)=O. The first kappa shape index (κ1) is 27.6. The second-order valence-electron chi connectivity index (χ2n) is 12.4. The molecule has 1 amide bonds. The van der Waals surface area contributed by atoms with Gasteiger partial charge in [0.2, 0.25) is 5.91 Å². The Morgan fingerprint density at radius 3 is 2.80 bits per heavy atom. The number of carbonyl (C=O) groups excluding carboxylic acids is 2. The van der Waals surface area contributed by atoms with Gasteiger partial charge in [0.1, 0.15) is 11.9 Å². The number of amides is 1. The minimum absolute atomic E-state index is 0.00558. The van der Waals surface area contributed by atoms with Crippen molar-refractivity contribution < 1.29 is 28.2 Å². The minimum Gasteiger partial charge on any atom is -0.493 e. The number of benzene rings is 1. The summed E-state index contributed by atoms with van der Waals surface area (Å²) < 4.78 is 23.3. The second kappa shape index (κ2) is 10.7. The summed E-state index contributed by atoms with van der Waals surface area (Å²) in [5, 5.41) is 0. The van der Waals surface area contributed by atoms with Crippen molar-refractivity contribution in [3.05, 3.63) is 65.8 Å².